The molecule has 514 valence electrons. The topological polar surface area (TPSA) is 309 Å². The molecule has 0 fully saturated rings. The molecule has 9 aromatic rings. The molecule has 11 rings (SSSR count). The van der Waals surface area contributed by atoms with Gasteiger partial charge in [-0.1, -0.05) is 107 Å². The van der Waals surface area contributed by atoms with E-state index in [1.165, 1.54) is 60.9 Å². The van der Waals surface area contributed by atoms with Gasteiger partial charge in [-0.15, -0.1) is 125 Å². The summed E-state index contributed by atoms with van der Waals surface area (Å²) in [4.78, 5) is 50.8. The summed E-state index contributed by atoms with van der Waals surface area (Å²) in [6.45, 7) is 2.66. The van der Waals surface area contributed by atoms with Crippen molar-refractivity contribution < 1.29 is 188 Å². The van der Waals surface area contributed by atoms with Crippen molar-refractivity contribution in [3.8, 4) is 29.4 Å². The molecular formula is C65H68BrCl3K2N7NaO11S9. The van der Waals surface area contributed by atoms with E-state index in [1.54, 1.807) is 60.4 Å². The second kappa shape index (κ2) is 62.7. The fourth-order valence-corrected chi connectivity index (χ4v) is 13.2. The second-order valence-corrected chi connectivity index (χ2v) is 27.8. The monoisotopic (exact) mass is 1690 g/mol. The molecule has 0 saturated heterocycles. The zero-order valence-electron chi connectivity index (χ0n) is 55.0. The number of halogens is 4. The number of carboxylic acid groups (broad SMARTS) is 2. The molecule has 2 aromatic heterocycles. The van der Waals surface area contributed by atoms with E-state index >= 15 is 0 Å². The standard InChI is InChI=1S/C19H16N2O3S3.C16H12N2OS2.C8H9ClS.C8H6N2OS.C6H6S.C3H7NO2S.C2H4BrCl.C2H5O.CH2O3.ClH.2K.Na.H/c22-19(23)15-11-26-17(21-15)18-20-14-7-6-12(10-16(14)27-18)24-8-9-25-13-4-2-1-3-5-13;17-11-16-18-14-7-6-12(10-15(14)21-16)19-8-9-20-13-4-2-1-3-5-13;9-6-7-10-8-4-2-1-3-5-8;9-4-8-10-6-2-1-5(11)3-7(6)12-8;7-6-4-2-1-3-5-6;4-2(1-7)3(5)6;3-1-2-4;1-2-3;2-1-4-3;;;;;/h1-7,10,15H,8-9,11H2,(H,22,23);1-7,10H,8-9H2;1-5H,6-7H2;1-3,8,10-11H;1-5,7H;2,7H,1,4H2,(H,5,6);1-2H2;2H2,1H3;1,3H;1H;;;;/q;;;;;;;-1;;;3*+1;-1/p-1/t15-;;;;;2-;;;;;;;;/m1....1......../s1. The number of aliphatic imine (C=N–C) groups is 1. The first-order valence-electron chi connectivity index (χ1n) is 28.0. The third-order valence-electron chi connectivity index (χ3n) is 10.7. The first-order chi connectivity index (χ1) is 46.1. The number of hydrogen-bond acceptors (Lipinski definition) is 25. The quantitative estimate of drug-likeness (QED) is 0.00579. The number of aromatic hydroxyl groups is 1. The number of benzene rings is 7. The molecule has 0 spiro atoms. The Labute approximate surface area is 750 Å². The van der Waals surface area contributed by atoms with Crippen LogP contribution in [0.15, 0.2) is 205 Å². The van der Waals surface area contributed by atoms with E-state index in [-0.39, 0.29) is 176 Å². The van der Waals surface area contributed by atoms with Crippen LogP contribution in [-0.4, -0.2) is 132 Å². The van der Waals surface area contributed by atoms with Gasteiger partial charge in [0.15, 0.2) is 16.4 Å². The molecule has 0 bridgehead atoms. The number of nitriles is 2. The third kappa shape index (κ3) is 43.7. The van der Waals surface area contributed by atoms with Crippen molar-refractivity contribution in [2.45, 2.75) is 48.9 Å². The summed E-state index contributed by atoms with van der Waals surface area (Å²) in [5.74, 6) is 4.84. The number of carboxylic acids is 2. The first-order valence-corrected chi connectivity index (χ1v) is 37.7. The summed E-state index contributed by atoms with van der Waals surface area (Å²) in [6, 6.07) is 59.9. The van der Waals surface area contributed by atoms with Gasteiger partial charge in [0, 0.05) is 76.0 Å². The first kappa shape index (κ1) is 99.6. The number of nitrogens with one attached hydrogen (secondary N) is 1. The fraction of sp³-hybridized carbons (Fsp3) is 0.231. The number of carbonyl (C=O) groups is 3. The third-order valence-corrected chi connectivity index (χ3v) is 20.0. The maximum atomic E-state index is 11.1. The van der Waals surface area contributed by atoms with Crippen molar-refractivity contribution in [2.24, 2.45) is 10.7 Å². The van der Waals surface area contributed by atoms with Crippen LogP contribution in [0, 0.1) is 22.7 Å². The van der Waals surface area contributed by atoms with Crippen molar-refractivity contribution in [1.29, 1.82) is 10.5 Å². The molecule has 7 aromatic carbocycles. The Kier molecular flexibility index (Phi) is 63.1. The summed E-state index contributed by atoms with van der Waals surface area (Å²) in [6.07, 6.45) is 0. The van der Waals surface area contributed by atoms with Crippen LogP contribution in [0.1, 0.15) is 18.4 Å². The number of carbonyl (C=O) groups excluding carboxylic acids is 1. The number of fused-ring (bicyclic) bond motifs is 3. The number of phenolic OH excluding ortho intramolecular Hbond substituents is 1. The van der Waals surface area contributed by atoms with E-state index in [4.69, 9.17) is 79.4 Å². The molecule has 6 N–H and O–H groups in total. The molecule has 99 heavy (non-hydrogen) atoms. The van der Waals surface area contributed by atoms with Crippen LogP contribution in [-0.2, 0) is 19.3 Å². The van der Waals surface area contributed by atoms with E-state index in [9.17, 15) is 9.59 Å². The number of thioether (sulfide) groups is 5. The van der Waals surface area contributed by atoms with Crippen LogP contribution in [0.25, 0.3) is 20.4 Å². The Morgan fingerprint density at radius 1 is 0.788 bits per heavy atom. The molecule has 18 nitrogen and oxygen atoms in total. The normalized spacial score (nSPS) is 12.3. The Hall–Kier alpha value is -1.47. The molecule has 4 heterocycles. The number of aliphatic carboxylic acids is 2. The minimum absolute atomic E-state index is 0. The van der Waals surface area contributed by atoms with E-state index in [0.29, 0.717) is 34.9 Å². The molecule has 0 aliphatic carbocycles. The number of thiol groups is 2. The molecule has 34 heteroatoms. The van der Waals surface area contributed by atoms with Crippen molar-refractivity contribution in [3.05, 3.63) is 186 Å². The van der Waals surface area contributed by atoms with Crippen molar-refractivity contribution in [1.82, 2.24) is 9.97 Å². The van der Waals surface area contributed by atoms with Gasteiger partial charge in [-0.25, -0.2) is 14.8 Å². The fourth-order valence-electron chi connectivity index (χ4n) is 6.68. The minimum Gasteiger partial charge on any atom is -1.00 e. The number of aromatic nitrogens is 2. The van der Waals surface area contributed by atoms with Gasteiger partial charge in [-0.3, -0.25) is 14.6 Å². The number of hydrogen-bond donors (Lipinski definition) is 7. The smallest absolute Gasteiger partial charge is 1.00 e. The van der Waals surface area contributed by atoms with E-state index < -0.39 is 24.0 Å². The summed E-state index contributed by atoms with van der Waals surface area (Å²) in [7, 11) is 0. The summed E-state index contributed by atoms with van der Waals surface area (Å²) in [5.41, 5.74) is 7.59. The van der Waals surface area contributed by atoms with Gasteiger partial charge in [-0.2, -0.15) is 23.2 Å². The molecule has 0 radical (unpaired) electrons. The summed E-state index contributed by atoms with van der Waals surface area (Å²) in [5, 5.41) is 66.7. The Bertz CT molecular complexity index is 3770. The van der Waals surface area contributed by atoms with E-state index in [1.807, 2.05) is 121 Å². The number of nitrogens with two attached hydrogens (primary N) is 1. The van der Waals surface area contributed by atoms with Gasteiger partial charge < -0.3 is 52.5 Å². The largest absolute Gasteiger partial charge is 1.00 e. The average molecular weight is 1700 g/mol. The molecule has 0 amide bonds. The molecule has 1 unspecified atom stereocenters. The predicted molar refractivity (Wildman–Crippen MR) is 408 cm³/mol. The van der Waals surface area contributed by atoms with Gasteiger partial charge in [-0.05, 0) is 103 Å². The number of nitrogens with zero attached hydrogens (tertiary/aromatic N) is 5. The minimum atomic E-state index is -1.00. The maximum Gasteiger partial charge on any atom is 1.00 e. The average Bonchev–Trinajstić information content (AvgIpc) is 1.67. The second-order valence-electron chi connectivity index (χ2n) is 17.7. The Morgan fingerprint density at radius 2 is 1.25 bits per heavy atom. The summed E-state index contributed by atoms with van der Waals surface area (Å²) < 4.78 is 13.6. The van der Waals surface area contributed by atoms with Crippen LogP contribution in [0.2, 0.25) is 0 Å². The number of rotatable bonds is 19. The number of anilines is 1. The van der Waals surface area contributed by atoms with Crippen molar-refractivity contribution >= 4 is 208 Å². The zero-order chi connectivity index (χ0) is 69.4. The molecule has 2 aliphatic rings. The molecule has 3 atom stereocenters. The van der Waals surface area contributed by atoms with E-state index in [0.717, 1.165) is 80.9 Å². The number of phenols is 1. The van der Waals surface area contributed by atoms with Gasteiger partial charge in [0.05, 0.1) is 39.7 Å². The number of alkyl halides is 3. The summed E-state index contributed by atoms with van der Waals surface area (Å²) >= 11 is 32.6. The number of thiazole rings is 2. The van der Waals surface area contributed by atoms with Crippen LogP contribution in [0.4, 0.5) is 5.69 Å². The molecule has 2 aliphatic heterocycles. The van der Waals surface area contributed by atoms with Crippen LogP contribution in [0.3, 0.4) is 0 Å². The zero-order valence-corrected chi connectivity index (χ0v) is 73.7. The van der Waals surface area contributed by atoms with Crippen molar-refractivity contribution in [2.75, 3.05) is 71.0 Å². The maximum absolute atomic E-state index is 11.1. The van der Waals surface area contributed by atoms with Gasteiger partial charge in [0.2, 0.25) is 0 Å². The van der Waals surface area contributed by atoms with Gasteiger partial charge in [0.25, 0.3) is 6.47 Å². The van der Waals surface area contributed by atoms with Crippen LogP contribution < -0.4 is 163 Å². The Morgan fingerprint density at radius 3 is 1.64 bits per heavy atom. The molecule has 0 saturated carbocycles. The molecular weight excluding hydrogens is 1630 g/mol. The Balaban J connectivity index is -0.00000115. The van der Waals surface area contributed by atoms with Crippen LogP contribution in [0.5, 0.6) is 17.2 Å². The predicted octanol–water partition coefficient (Wildman–Crippen LogP) is 5.80. The van der Waals surface area contributed by atoms with Crippen LogP contribution >= 0.6 is 158 Å². The van der Waals surface area contributed by atoms with Gasteiger partial charge >= 0.3 is 144 Å². The van der Waals surface area contributed by atoms with E-state index in [2.05, 4.69) is 115 Å². The number of ether oxygens (including phenoxy) is 2. The SMILES string of the molecule is CC[O-].Cl.ClCCBr.ClCCSc1ccccc1.N#CC1Nc2ccc(O)cc2S1.N#Cc1nc2ccc(OCCSc3ccccc3)cc2s1.N[C@H](CS)C(=O)O.O=C(O)[C@H]1CSC(c2nc3ccc(OCCSc4ccccc4)cc3s2)=N1.O=CO[O-].Sc1ccccc1.[H-].[K+].[K+].[Na+]. The van der Waals surface area contributed by atoms with Crippen molar-refractivity contribution in [3.63, 3.8) is 0 Å². The van der Waals surface area contributed by atoms with Gasteiger partial charge in [0.1, 0.15) is 39.4 Å².